The summed E-state index contributed by atoms with van der Waals surface area (Å²) in [6.07, 6.45) is 0. The van der Waals surface area contributed by atoms with Gasteiger partial charge < -0.3 is 14.2 Å². The number of rotatable bonds is 5. The summed E-state index contributed by atoms with van der Waals surface area (Å²) in [6, 6.07) is 7.65. The van der Waals surface area contributed by atoms with Gasteiger partial charge in [0.1, 0.15) is 0 Å². The van der Waals surface area contributed by atoms with Crippen LogP contribution in [0.15, 0.2) is 35.8 Å². The molecule has 0 bridgehead atoms. The van der Waals surface area contributed by atoms with Gasteiger partial charge in [0.25, 0.3) is 0 Å². The Morgan fingerprint density at radius 2 is 2.00 bits per heavy atom. The first kappa shape index (κ1) is 15.0. The molecule has 5 heteroatoms. The predicted molar refractivity (Wildman–Crippen MR) is 69.3 cm³/mol. The summed E-state index contributed by atoms with van der Waals surface area (Å²) in [5.74, 6) is 0.399. The van der Waals surface area contributed by atoms with E-state index in [4.69, 9.17) is 9.05 Å². The van der Waals surface area contributed by atoms with Crippen molar-refractivity contribution in [2.24, 2.45) is 0 Å². The maximum atomic E-state index is 12.0. The standard InChI is InChI=1S/C13H19O4P/c1-10-6-5-7-12(8-10)11(2)13(14)9-18(15,16-3)17-4/h5-9,11,14H,1-4H3/p-1/b13-9-. The highest BCUT2D eigenvalue weighted by Gasteiger charge is 2.17. The van der Waals surface area contributed by atoms with Crippen molar-refractivity contribution < 1.29 is 18.7 Å². The zero-order valence-electron chi connectivity index (χ0n) is 11.0. The first-order chi connectivity index (χ1) is 8.41. The van der Waals surface area contributed by atoms with E-state index in [1.54, 1.807) is 6.92 Å². The van der Waals surface area contributed by atoms with E-state index < -0.39 is 7.60 Å². The minimum absolute atomic E-state index is 0.271. The SMILES string of the molecule is COP(=O)(/C=C(\[O-])C(C)c1cccc(C)c1)OC. The molecule has 1 aromatic rings. The van der Waals surface area contributed by atoms with Crippen molar-refractivity contribution in [3.05, 3.63) is 47.0 Å². The highest BCUT2D eigenvalue weighted by Crippen LogP contribution is 2.49. The quantitative estimate of drug-likeness (QED) is 0.609. The summed E-state index contributed by atoms with van der Waals surface area (Å²) >= 11 is 0. The van der Waals surface area contributed by atoms with Gasteiger partial charge in [-0.3, -0.25) is 4.57 Å². The van der Waals surface area contributed by atoms with Crippen molar-refractivity contribution in [2.75, 3.05) is 14.2 Å². The van der Waals surface area contributed by atoms with Crippen LogP contribution < -0.4 is 5.11 Å². The molecule has 0 aliphatic carbocycles. The predicted octanol–water partition coefficient (Wildman–Crippen LogP) is 2.79. The van der Waals surface area contributed by atoms with Crippen LogP contribution in [-0.2, 0) is 13.6 Å². The molecule has 0 amide bonds. The summed E-state index contributed by atoms with van der Waals surface area (Å²) in [5.41, 5.74) is 1.96. The van der Waals surface area contributed by atoms with Crippen molar-refractivity contribution in [1.82, 2.24) is 0 Å². The topological polar surface area (TPSA) is 58.6 Å². The van der Waals surface area contributed by atoms with Crippen molar-refractivity contribution in [1.29, 1.82) is 0 Å². The molecular formula is C13H18O4P-. The Balaban J connectivity index is 3.00. The monoisotopic (exact) mass is 269 g/mol. The highest BCUT2D eigenvalue weighted by atomic mass is 31.2. The van der Waals surface area contributed by atoms with Crippen LogP contribution >= 0.6 is 7.60 Å². The number of aryl methyl sites for hydroxylation is 1. The molecule has 0 fully saturated rings. The highest BCUT2D eigenvalue weighted by molar-refractivity contribution is 7.57. The van der Waals surface area contributed by atoms with Gasteiger partial charge in [-0.2, -0.15) is 0 Å². The summed E-state index contributed by atoms with van der Waals surface area (Å²) in [5, 5.41) is 12.0. The number of benzene rings is 1. The molecule has 4 nitrogen and oxygen atoms in total. The molecule has 0 aliphatic rings. The van der Waals surface area contributed by atoms with Crippen molar-refractivity contribution in [2.45, 2.75) is 19.8 Å². The zero-order chi connectivity index (χ0) is 13.8. The van der Waals surface area contributed by atoms with E-state index in [0.717, 1.165) is 16.9 Å². The molecule has 18 heavy (non-hydrogen) atoms. The Hall–Kier alpha value is -1.09. The molecular weight excluding hydrogens is 251 g/mol. The number of hydrogen-bond donors (Lipinski definition) is 0. The van der Waals surface area contributed by atoms with E-state index in [1.165, 1.54) is 14.2 Å². The molecule has 0 aromatic heterocycles. The molecule has 1 unspecified atom stereocenters. The van der Waals surface area contributed by atoms with Gasteiger partial charge in [0.2, 0.25) is 0 Å². The number of allylic oxidation sites excluding steroid dienone is 1. The third kappa shape index (κ3) is 3.70. The second-order valence-electron chi connectivity index (χ2n) is 4.07. The normalized spacial score (nSPS) is 14.6. The van der Waals surface area contributed by atoms with Crippen LogP contribution in [0, 0.1) is 6.92 Å². The zero-order valence-corrected chi connectivity index (χ0v) is 11.9. The molecule has 1 aromatic carbocycles. The maximum Gasteiger partial charge on any atom is 0.352 e. The maximum absolute atomic E-state index is 12.0. The Morgan fingerprint density at radius 1 is 1.39 bits per heavy atom. The molecule has 1 rings (SSSR count). The van der Waals surface area contributed by atoms with Crippen LogP contribution in [0.1, 0.15) is 24.0 Å². The fraction of sp³-hybridized carbons (Fsp3) is 0.385. The third-order valence-electron chi connectivity index (χ3n) is 2.76. The van der Waals surface area contributed by atoms with Crippen molar-refractivity contribution >= 4 is 7.60 Å². The van der Waals surface area contributed by atoms with E-state index in [2.05, 4.69) is 0 Å². The second-order valence-corrected chi connectivity index (χ2v) is 6.14. The third-order valence-corrected chi connectivity index (χ3v) is 4.35. The van der Waals surface area contributed by atoms with Crippen LogP contribution in [0.5, 0.6) is 0 Å². The van der Waals surface area contributed by atoms with Crippen LogP contribution in [0.4, 0.5) is 0 Å². The van der Waals surface area contributed by atoms with E-state index in [0.29, 0.717) is 0 Å². The lowest BCUT2D eigenvalue weighted by molar-refractivity contribution is -0.309. The lowest BCUT2D eigenvalue weighted by Gasteiger charge is -2.23. The van der Waals surface area contributed by atoms with Crippen LogP contribution in [0.2, 0.25) is 0 Å². The Kier molecular flexibility index (Phi) is 5.15. The first-order valence-electron chi connectivity index (χ1n) is 5.59. The molecule has 0 spiro atoms. The largest absolute Gasteiger partial charge is 0.875 e. The van der Waals surface area contributed by atoms with Gasteiger partial charge in [-0.1, -0.05) is 36.8 Å². The second kappa shape index (κ2) is 6.19. The molecule has 0 aliphatic heterocycles. The lowest BCUT2D eigenvalue weighted by atomic mass is 9.98. The summed E-state index contributed by atoms with van der Waals surface area (Å²) in [4.78, 5) is 0. The van der Waals surface area contributed by atoms with Gasteiger partial charge in [0.05, 0.1) is 0 Å². The average molecular weight is 269 g/mol. The molecule has 0 radical (unpaired) electrons. The van der Waals surface area contributed by atoms with E-state index in [1.807, 2.05) is 31.2 Å². The summed E-state index contributed by atoms with van der Waals surface area (Å²) in [7, 11) is -0.887. The van der Waals surface area contributed by atoms with Gasteiger partial charge in [-0.05, 0) is 18.4 Å². The fourth-order valence-electron chi connectivity index (χ4n) is 1.55. The minimum Gasteiger partial charge on any atom is -0.875 e. The van der Waals surface area contributed by atoms with Gasteiger partial charge in [0.15, 0.2) is 0 Å². The van der Waals surface area contributed by atoms with E-state index in [-0.39, 0.29) is 11.7 Å². The smallest absolute Gasteiger partial charge is 0.352 e. The van der Waals surface area contributed by atoms with Crippen molar-refractivity contribution in [3.8, 4) is 0 Å². The summed E-state index contributed by atoms with van der Waals surface area (Å²) in [6.45, 7) is 3.73. The Labute approximate surface area is 108 Å². The molecule has 0 N–H and O–H groups in total. The van der Waals surface area contributed by atoms with Gasteiger partial charge in [-0.15, -0.1) is 5.76 Å². The summed E-state index contributed by atoms with van der Waals surface area (Å²) < 4.78 is 21.3. The number of hydrogen-bond acceptors (Lipinski definition) is 4. The van der Waals surface area contributed by atoms with E-state index in [9.17, 15) is 9.67 Å². The first-order valence-corrected chi connectivity index (χ1v) is 7.20. The average Bonchev–Trinajstić information content (AvgIpc) is 2.37. The molecule has 0 saturated carbocycles. The van der Waals surface area contributed by atoms with Gasteiger partial charge in [-0.25, -0.2) is 0 Å². The van der Waals surface area contributed by atoms with E-state index >= 15 is 0 Å². The van der Waals surface area contributed by atoms with Crippen LogP contribution in [0.25, 0.3) is 0 Å². The van der Waals surface area contributed by atoms with Gasteiger partial charge >= 0.3 is 7.60 Å². The Bertz CT molecular complexity index is 474. The fourth-order valence-corrected chi connectivity index (χ4v) is 2.45. The molecule has 100 valence electrons. The Morgan fingerprint density at radius 3 is 2.50 bits per heavy atom. The van der Waals surface area contributed by atoms with Crippen molar-refractivity contribution in [3.63, 3.8) is 0 Å². The molecule has 1 atom stereocenters. The minimum atomic E-state index is -3.40. The molecule has 0 heterocycles. The molecule has 0 saturated heterocycles. The van der Waals surface area contributed by atoms with Crippen LogP contribution in [-0.4, -0.2) is 14.2 Å². The van der Waals surface area contributed by atoms with Crippen LogP contribution in [0.3, 0.4) is 0 Å². The van der Waals surface area contributed by atoms with Gasteiger partial charge in [0, 0.05) is 20.0 Å². The lowest BCUT2D eigenvalue weighted by Crippen LogP contribution is -2.12.